The average Bonchev–Trinajstić information content (AvgIpc) is 0.811. The Labute approximate surface area is 45.3 Å². The molecule has 0 aliphatic rings. The first-order valence-corrected chi connectivity index (χ1v) is 0.752. The molecule has 0 aliphatic heterocycles. The molecule has 2 N–H and O–H groups in total. The number of rotatable bonds is 0. The van der Waals surface area contributed by atoms with E-state index in [4.69, 9.17) is 15.1 Å². The third kappa shape index (κ3) is 72.0. The molecule has 0 bridgehead atoms. The summed E-state index contributed by atoms with van der Waals surface area (Å²) in [6.07, 6.45) is 0. The van der Waals surface area contributed by atoms with Crippen LogP contribution in [0.2, 0.25) is 0 Å². The Morgan fingerprint density at radius 3 is 1.40 bits per heavy atom. The molecular formula is H2AgBO3. The first-order chi connectivity index (χ1) is 1.73. The number of hydrogen-bond donors (Lipinski definition) is 2. The van der Waals surface area contributed by atoms with Crippen LogP contribution in [0.25, 0.3) is 0 Å². The molecule has 0 radical (unpaired) electrons. The van der Waals surface area contributed by atoms with Gasteiger partial charge in [-0.15, -0.1) is 0 Å². The molecule has 0 rings (SSSR count). The van der Waals surface area contributed by atoms with Crippen LogP contribution in [0.3, 0.4) is 0 Å². The molecule has 0 heterocycles. The predicted octanol–water partition coefficient (Wildman–Crippen LogP) is -2.69. The van der Waals surface area contributed by atoms with Crippen molar-refractivity contribution in [1.29, 1.82) is 0 Å². The van der Waals surface area contributed by atoms with E-state index in [9.17, 15) is 0 Å². The van der Waals surface area contributed by atoms with Crippen molar-refractivity contribution in [2.24, 2.45) is 0 Å². The van der Waals surface area contributed by atoms with Crippen LogP contribution in [0.4, 0.5) is 0 Å². The Morgan fingerprint density at radius 1 is 1.40 bits per heavy atom. The third-order valence-electron chi connectivity index (χ3n) is 0. The summed E-state index contributed by atoms with van der Waals surface area (Å²) in [5.74, 6) is 0. The minimum Gasteiger partial charge on any atom is -0.832 e. The molecule has 5 heteroatoms. The van der Waals surface area contributed by atoms with E-state index < -0.39 is 7.32 Å². The van der Waals surface area contributed by atoms with E-state index in [0.29, 0.717) is 0 Å². The van der Waals surface area contributed by atoms with Crippen molar-refractivity contribution < 1.29 is 37.5 Å². The van der Waals surface area contributed by atoms with Crippen molar-refractivity contribution >= 4 is 7.32 Å². The van der Waals surface area contributed by atoms with Gasteiger partial charge in [0.05, 0.1) is 0 Å². The van der Waals surface area contributed by atoms with Crippen molar-refractivity contribution in [3.63, 3.8) is 0 Å². The Morgan fingerprint density at radius 2 is 1.40 bits per heavy atom. The van der Waals surface area contributed by atoms with Gasteiger partial charge in [-0.25, -0.2) is 0 Å². The summed E-state index contributed by atoms with van der Waals surface area (Å²) in [4.78, 5) is 0. The zero-order valence-corrected chi connectivity index (χ0v) is 3.66. The number of hydrogen-bond acceptors (Lipinski definition) is 3. The summed E-state index contributed by atoms with van der Waals surface area (Å²) < 4.78 is 0. The summed E-state index contributed by atoms with van der Waals surface area (Å²) >= 11 is 0. The van der Waals surface area contributed by atoms with Crippen LogP contribution in [0, 0.1) is 0 Å². The zero-order valence-electron chi connectivity index (χ0n) is 2.18. The van der Waals surface area contributed by atoms with E-state index in [0.717, 1.165) is 0 Å². The van der Waals surface area contributed by atoms with Crippen LogP contribution in [0.15, 0.2) is 0 Å². The van der Waals surface area contributed by atoms with E-state index in [1.807, 2.05) is 0 Å². The van der Waals surface area contributed by atoms with Crippen molar-refractivity contribution in [3.8, 4) is 0 Å². The van der Waals surface area contributed by atoms with Crippen LogP contribution >= 0.6 is 0 Å². The third-order valence-corrected chi connectivity index (χ3v) is 0. The van der Waals surface area contributed by atoms with Gasteiger partial charge in [0.1, 0.15) is 0 Å². The van der Waals surface area contributed by atoms with Gasteiger partial charge in [0.15, 0.2) is 0 Å². The van der Waals surface area contributed by atoms with Gasteiger partial charge in [-0.05, 0) is 0 Å². The first-order valence-electron chi connectivity index (χ1n) is 0.752. The maximum atomic E-state index is 8.64. The molecule has 0 aromatic heterocycles. The SMILES string of the molecule is [Ag+].[O-]B(O)O. The topological polar surface area (TPSA) is 63.5 Å². The van der Waals surface area contributed by atoms with E-state index in [1.165, 1.54) is 0 Å². The summed E-state index contributed by atoms with van der Waals surface area (Å²) in [6, 6.07) is 0. The maximum Gasteiger partial charge on any atom is 1.00 e. The molecular weight excluding hydrogens is 167 g/mol. The van der Waals surface area contributed by atoms with Gasteiger partial charge in [-0.2, -0.15) is 0 Å². The quantitative estimate of drug-likeness (QED) is 0.388. The maximum absolute atomic E-state index is 8.64. The van der Waals surface area contributed by atoms with Crippen LogP contribution < -0.4 is 5.02 Å². The van der Waals surface area contributed by atoms with E-state index in [-0.39, 0.29) is 22.4 Å². The smallest absolute Gasteiger partial charge is 0.832 e. The standard InChI is InChI=1S/Ag.BH2O3/c;2-1(3)4/h;2-3H/q+1;-1. The molecule has 0 fully saturated rings. The fraction of sp³-hybridized carbons (Fsp3) is 0. The fourth-order valence-electron chi connectivity index (χ4n) is 0. The second-order valence-corrected chi connectivity index (χ2v) is 0.326. The minimum absolute atomic E-state index is 0. The normalized spacial score (nSPS) is 5.40. The summed E-state index contributed by atoms with van der Waals surface area (Å²) in [5, 5.41) is 22.8. The largest absolute Gasteiger partial charge is 1.00 e. The van der Waals surface area contributed by atoms with Crippen molar-refractivity contribution in [2.75, 3.05) is 0 Å². The molecule has 0 amide bonds. The van der Waals surface area contributed by atoms with Crippen LogP contribution in [0.5, 0.6) is 0 Å². The monoisotopic (exact) mass is 168 g/mol. The molecule has 0 atom stereocenters. The van der Waals surface area contributed by atoms with Crippen LogP contribution in [-0.4, -0.2) is 17.4 Å². The molecule has 5 heavy (non-hydrogen) atoms. The van der Waals surface area contributed by atoms with Crippen molar-refractivity contribution in [3.05, 3.63) is 0 Å². The fourth-order valence-corrected chi connectivity index (χ4v) is 0. The second-order valence-electron chi connectivity index (χ2n) is 0.326. The van der Waals surface area contributed by atoms with Gasteiger partial charge in [0, 0.05) is 0 Å². The molecule has 0 spiro atoms. The van der Waals surface area contributed by atoms with Gasteiger partial charge < -0.3 is 15.1 Å². The van der Waals surface area contributed by atoms with Gasteiger partial charge in [-0.1, -0.05) is 0 Å². The van der Waals surface area contributed by atoms with Gasteiger partial charge in [0.25, 0.3) is 0 Å². The zero-order chi connectivity index (χ0) is 3.58. The van der Waals surface area contributed by atoms with Gasteiger partial charge >= 0.3 is 29.7 Å². The molecule has 0 saturated heterocycles. The molecule has 0 aromatic rings. The van der Waals surface area contributed by atoms with Crippen LogP contribution in [-0.2, 0) is 22.4 Å². The van der Waals surface area contributed by atoms with Crippen LogP contribution in [0.1, 0.15) is 0 Å². The first kappa shape index (κ1) is 9.19. The summed E-state index contributed by atoms with van der Waals surface area (Å²) in [5.41, 5.74) is 0. The van der Waals surface area contributed by atoms with Crippen molar-refractivity contribution in [1.82, 2.24) is 0 Å². The van der Waals surface area contributed by atoms with Gasteiger partial charge in [0.2, 0.25) is 0 Å². The predicted molar refractivity (Wildman–Crippen MR) is 10.2 cm³/mol. The molecule has 0 saturated carbocycles. The Balaban J connectivity index is 0. The van der Waals surface area contributed by atoms with E-state index >= 15 is 0 Å². The van der Waals surface area contributed by atoms with Gasteiger partial charge in [-0.3, -0.25) is 0 Å². The minimum atomic E-state index is -2.42. The molecule has 34 valence electrons. The molecule has 0 unspecified atom stereocenters. The molecule has 3 nitrogen and oxygen atoms in total. The molecule has 0 aliphatic carbocycles. The summed E-state index contributed by atoms with van der Waals surface area (Å²) in [6.45, 7) is 0. The average molecular weight is 169 g/mol. The Bertz CT molecular complexity index is 11.6. The Kier molecular flexibility index (Phi) is 8.61. The Hall–Kier alpha value is 0.685. The van der Waals surface area contributed by atoms with E-state index in [1.54, 1.807) is 0 Å². The second kappa shape index (κ2) is 4.69. The summed E-state index contributed by atoms with van der Waals surface area (Å²) in [7, 11) is -2.42. The van der Waals surface area contributed by atoms with E-state index in [2.05, 4.69) is 0 Å². The van der Waals surface area contributed by atoms with Crippen molar-refractivity contribution in [2.45, 2.75) is 0 Å². The molecule has 0 aromatic carbocycles.